The van der Waals surface area contributed by atoms with E-state index >= 15 is 0 Å². The molecule has 41 heavy (non-hydrogen) atoms. The molecular formula is C26H25N7O8. The topological polar surface area (TPSA) is 206 Å². The average molecular weight is 564 g/mol. The van der Waals surface area contributed by atoms with E-state index in [1.54, 1.807) is 25.1 Å². The Hall–Kier alpha value is -5.49. The molecule has 2 aromatic carbocycles. The molecule has 0 saturated carbocycles. The number of nitrogens with zero attached hydrogens (tertiary/aromatic N) is 6. The Morgan fingerprint density at radius 1 is 1.29 bits per heavy atom. The first-order valence-electron chi connectivity index (χ1n) is 12.3. The van der Waals surface area contributed by atoms with Gasteiger partial charge in [0.05, 0.1) is 36.1 Å². The molecule has 0 spiro atoms. The molecule has 0 aromatic heterocycles. The van der Waals surface area contributed by atoms with Crippen LogP contribution in [-0.2, 0) is 9.53 Å². The lowest BCUT2D eigenvalue weighted by Crippen LogP contribution is -2.49. The van der Waals surface area contributed by atoms with E-state index in [1.165, 1.54) is 6.07 Å². The van der Waals surface area contributed by atoms with Gasteiger partial charge in [0, 0.05) is 19.2 Å². The molecule has 1 atom stereocenters. The van der Waals surface area contributed by atoms with E-state index in [4.69, 9.17) is 20.1 Å². The summed E-state index contributed by atoms with van der Waals surface area (Å²) in [6.07, 6.45) is -2.11. The summed E-state index contributed by atoms with van der Waals surface area (Å²) < 4.78 is 16.6. The second-order valence-corrected chi connectivity index (χ2v) is 8.70. The predicted octanol–water partition coefficient (Wildman–Crippen LogP) is 1.72. The largest absolute Gasteiger partial charge is 0.478 e. The van der Waals surface area contributed by atoms with E-state index in [0.29, 0.717) is 11.6 Å². The van der Waals surface area contributed by atoms with Gasteiger partial charge in [0.2, 0.25) is 0 Å². The van der Waals surface area contributed by atoms with E-state index in [-0.39, 0.29) is 23.6 Å². The number of benzene rings is 2. The highest BCUT2D eigenvalue weighted by Gasteiger charge is 2.41. The van der Waals surface area contributed by atoms with E-state index < -0.39 is 52.5 Å². The summed E-state index contributed by atoms with van der Waals surface area (Å²) in [5.41, 5.74) is -0.810. The Morgan fingerprint density at radius 2 is 2.07 bits per heavy atom. The molecule has 0 amide bonds. The average Bonchev–Trinajstić information content (AvgIpc) is 3.36. The molecule has 2 aliphatic heterocycles. The fourth-order valence-corrected chi connectivity index (χ4v) is 4.08. The van der Waals surface area contributed by atoms with Crippen LogP contribution < -0.4 is 15.3 Å². The summed E-state index contributed by atoms with van der Waals surface area (Å²) in [6.45, 7) is 2.98. The van der Waals surface area contributed by atoms with Gasteiger partial charge in [-0.1, -0.05) is 12.1 Å². The van der Waals surface area contributed by atoms with Gasteiger partial charge < -0.3 is 24.2 Å². The van der Waals surface area contributed by atoms with Gasteiger partial charge in [0.25, 0.3) is 12.2 Å². The maximum atomic E-state index is 12.3. The number of esters is 1. The first kappa shape index (κ1) is 28.5. The number of hydrogen-bond acceptors (Lipinski definition) is 13. The number of ether oxygens (including phenoxy) is 3. The van der Waals surface area contributed by atoms with Crippen LogP contribution in [0, 0.1) is 21.4 Å². The van der Waals surface area contributed by atoms with Crippen LogP contribution in [0.4, 0.5) is 0 Å². The van der Waals surface area contributed by atoms with Gasteiger partial charge in [0.1, 0.15) is 28.6 Å². The third-order valence-corrected chi connectivity index (χ3v) is 5.95. The van der Waals surface area contributed by atoms with Gasteiger partial charge in [-0.05, 0) is 37.3 Å². The van der Waals surface area contributed by atoms with Crippen LogP contribution in [0.5, 0.6) is 11.5 Å². The molecule has 0 saturated heterocycles. The quantitative estimate of drug-likeness (QED) is 0.183. The van der Waals surface area contributed by atoms with Crippen LogP contribution >= 0.6 is 0 Å². The number of carbonyl (C=O) groups excluding carboxylic acids is 1. The summed E-state index contributed by atoms with van der Waals surface area (Å²) in [5.74, 6) is 3.95. The Balaban J connectivity index is 1.77. The zero-order chi connectivity index (χ0) is 29.7. The second kappa shape index (κ2) is 12.1. The molecule has 4 rings (SSSR count). The van der Waals surface area contributed by atoms with Gasteiger partial charge in [0.15, 0.2) is 0 Å². The lowest BCUT2D eigenvalue weighted by atomic mass is 10.1. The number of allylic oxidation sites excluding steroid dienone is 1. The van der Waals surface area contributed by atoms with Crippen molar-refractivity contribution in [2.75, 3.05) is 26.7 Å². The third-order valence-electron chi connectivity index (χ3n) is 5.95. The van der Waals surface area contributed by atoms with E-state index in [0.717, 1.165) is 30.1 Å². The highest BCUT2D eigenvalue weighted by atomic mass is 16.6. The number of amidine groups is 1. The molecule has 15 heteroatoms. The molecule has 2 aromatic rings. The zero-order valence-corrected chi connectivity index (χ0v) is 22.0. The van der Waals surface area contributed by atoms with E-state index in [9.17, 15) is 30.1 Å². The zero-order valence-electron chi connectivity index (χ0n) is 22.0. The molecule has 0 bridgehead atoms. The number of hydrazine groups is 1. The Labute approximate surface area is 233 Å². The Bertz CT molecular complexity index is 1530. The normalized spacial score (nSPS) is 16.5. The van der Waals surface area contributed by atoms with Crippen LogP contribution in [0.2, 0.25) is 0 Å². The van der Waals surface area contributed by atoms with Crippen molar-refractivity contribution in [1.29, 1.82) is 5.26 Å². The SMILES string of the molecule is CCOC(=O)CC1=NC(Oc2cccc(C3=NCCN3C)c2)N(N)C(Oc2cc(C#N)ccc2C(=O)O)=C1[N+](=O)[O-]. The molecule has 212 valence electrons. The number of nitro groups is 1. The number of aromatic carboxylic acids is 1. The van der Waals surface area contributed by atoms with Crippen molar-refractivity contribution in [1.82, 2.24) is 9.91 Å². The monoisotopic (exact) mass is 563 g/mol. The van der Waals surface area contributed by atoms with Crippen LogP contribution in [0.1, 0.15) is 34.8 Å². The summed E-state index contributed by atoms with van der Waals surface area (Å²) in [4.78, 5) is 46.2. The number of aliphatic imine (C=N–C) groups is 2. The van der Waals surface area contributed by atoms with Crippen molar-refractivity contribution < 1.29 is 33.8 Å². The van der Waals surface area contributed by atoms with Gasteiger partial charge >= 0.3 is 17.6 Å². The predicted molar refractivity (Wildman–Crippen MR) is 142 cm³/mol. The van der Waals surface area contributed by atoms with Crippen LogP contribution in [0.15, 0.2) is 64.0 Å². The van der Waals surface area contributed by atoms with E-state index in [2.05, 4.69) is 9.98 Å². The van der Waals surface area contributed by atoms with Gasteiger partial charge in [-0.15, -0.1) is 0 Å². The van der Waals surface area contributed by atoms with Crippen molar-refractivity contribution in [2.24, 2.45) is 15.8 Å². The Kier molecular flexibility index (Phi) is 8.44. The molecule has 3 N–H and O–H groups in total. The fraction of sp³-hybridized carbons (Fsp3) is 0.269. The smallest absolute Gasteiger partial charge is 0.352 e. The third kappa shape index (κ3) is 6.23. The van der Waals surface area contributed by atoms with Gasteiger partial charge in [-0.2, -0.15) is 5.26 Å². The number of nitriles is 1. The number of nitrogens with two attached hydrogens (primary N) is 1. The van der Waals surface area contributed by atoms with Crippen LogP contribution in [0.3, 0.4) is 0 Å². The minimum absolute atomic E-state index is 0.0178. The number of carbonyl (C=O) groups is 2. The first-order chi connectivity index (χ1) is 19.6. The van der Waals surface area contributed by atoms with Gasteiger partial charge in [-0.3, -0.25) is 19.9 Å². The lowest BCUT2D eigenvalue weighted by Gasteiger charge is -2.31. The number of carboxylic acids is 1. The lowest BCUT2D eigenvalue weighted by molar-refractivity contribution is -0.420. The van der Waals surface area contributed by atoms with Crippen molar-refractivity contribution in [3.05, 3.63) is 80.8 Å². The molecule has 1 unspecified atom stereocenters. The van der Waals surface area contributed by atoms with Crippen molar-refractivity contribution in [3.63, 3.8) is 0 Å². The molecule has 0 aliphatic carbocycles. The molecule has 0 radical (unpaired) electrons. The molecular weight excluding hydrogens is 538 g/mol. The number of likely N-dealkylation sites (N-methyl/N-ethyl adjacent to an activating group) is 1. The fourth-order valence-electron chi connectivity index (χ4n) is 4.08. The maximum Gasteiger partial charge on any atom is 0.352 e. The molecule has 2 heterocycles. The molecule has 2 aliphatic rings. The number of carboxylic acid groups (broad SMARTS) is 1. The molecule has 15 nitrogen and oxygen atoms in total. The Morgan fingerprint density at radius 3 is 2.71 bits per heavy atom. The number of hydrogen-bond donors (Lipinski definition) is 2. The van der Waals surface area contributed by atoms with Crippen LogP contribution in [0.25, 0.3) is 0 Å². The second-order valence-electron chi connectivity index (χ2n) is 8.70. The van der Waals surface area contributed by atoms with E-state index in [1.807, 2.05) is 24.1 Å². The minimum Gasteiger partial charge on any atom is -0.478 e. The van der Waals surface area contributed by atoms with Crippen molar-refractivity contribution in [2.45, 2.75) is 19.7 Å². The van der Waals surface area contributed by atoms with Crippen LogP contribution in [-0.4, -0.2) is 76.5 Å². The molecule has 0 fully saturated rings. The summed E-state index contributed by atoms with van der Waals surface area (Å²) >= 11 is 0. The van der Waals surface area contributed by atoms with Crippen molar-refractivity contribution in [3.8, 4) is 17.6 Å². The van der Waals surface area contributed by atoms with Crippen molar-refractivity contribution >= 4 is 23.5 Å². The highest BCUT2D eigenvalue weighted by molar-refractivity contribution is 6.08. The summed E-state index contributed by atoms with van der Waals surface area (Å²) in [6, 6.07) is 12.1. The standard InChI is InChI=1S/C26H25N7O8/c1-3-39-21(34)13-19-22(33(37)38)24(41-20-11-15(14-27)7-8-18(20)25(35)36)32(28)26(30-19)40-17-6-4-5-16(12-17)23-29-9-10-31(23)2/h4-8,11-12,26H,3,9-10,13,28H2,1-2H3,(H,35,36). The number of rotatable bonds is 10. The highest BCUT2D eigenvalue weighted by Crippen LogP contribution is 2.30. The summed E-state index contributed by atoms with van der Waals surface area (Å²) in [7, 11) is 1.90. The minimum atomic E-state index is -1.48. The van der Waals surface area contributed by atoms with Gasteiger partial charge in [-0.25, -0.2) is 20.6 Å². The maximum absolute atomic E-state index is 12.3. The summed E-state index contributed by atoms with van der Waals surface area (Å²) in [5, 5.41) is 31.8. The first-order valence-corrected chi connectivity index (χ1v) is 12.3.